The van der Waals surface area contributed by atoms with Crippen molar-refractivity contribution in [1.82, 2.24) is 0 Å². The summed E-state index contributed by atoms with van der Waals surface area (Å²) in [6, 6.07) is 6.37. The Morgan fingerprint density at radius 1 is 1.30 bits per heavy atom. The molecule has 0 fully saturated rings. The summed E-state index contributed by atoms with van der Waals surface area (Å²) in [5.41, 5.74) is 2.16. The Bertz CT molecular complexity index is 654. The predicted molar refractivity (Wildman–Crippen MR) is 84.6 cm³/mol. The normalized spacial score (nSPS) is 20.7. The Kier molecular flexibility index (Phi) is 5.46. The summed E-state index contributed by atoms with van der Waals surface area (Å²) in [7, 11) is 0. The van der Waals surface area contributed by atoms with Gasteiger partial charge in [-0.2, -0.15) is 0 Å². The highest BCUT2D eigenvalue weighted by Gasteiger charge is 2.34. The number of benzene rings is 1. The van der Waals surface area contributed by atoms with E-state index in [0.717, 1.165) is 23.7 Å². The molecule has 1 aliphatic rings. The largest absolute Gasteiger partial charge is 0.508 e. The number of carbonyl (C=O) groups excluding carboxylic acids is 3. The van der Waals surface area contributed by atoms with Crippen LogP contribution in [0.5, 0.6) is 5.75 Å². The SMILES string of the molecule is CC1=C(C=O)C(CC=O)C(OC(=O)C=Cc2ccc(O)cc2)C1. The van der Waals surface area contributed by atoms with Crippen LogP contribution in [0.2, 0.25) is 0 Å². The first kappa shape index (κ1) is 16.7. The summed E-state index contributed by atoms with van der Waals surface area (Å²) in [4.78, 5) is 33.8. The molecule has 120 valence electrons. The number of aromatic hydroxyl groups is 1. The Balaban J connectivity index is 2.01. The maximum Gasteiger partial charge on any atom is 0.331 e. The second kappa shape index (κ2) is 7.54. The van der Waals surface area contributed by atoms with E-state index in [1.54, 1.807) is 18.2 Å². The van der Waals surface area contributed by atoms with E-state index in [2.05, 4.69) is 0 Å². The number of hydrogen-bond acceptors (Lipinski definition) is 5. The van der Waals surface area contributed by atoms with Crippen molar-refractivity contribution in [2.75, 3.05) is 0 Å². The van der Waals surface area contributed by atoms with E-state index in [1.807, 2.05) is 6.92 Å². The van der Waals surface area contributed by atoms with Crippen molar-refractivity contribution in [3.8, 4) is 5.75 Å². The lowest BCUT2D eigenvalue weighted by Crippen LogP contribution is -2.24. The molecule has 1 aromatic rings. The second-order valence-corrected chi connectivity index (χ2v) is 5.47. The summed E-state index contributed by atoms with van der Waals surface area (Å²) < 4.78 is 5.39. The van der Waals surface area contributed by atoms with E-state index in [4.69, 9.17) is 4.74 Å². The third-order valence-electron chi connectivity index (χ3n) is 3.90. The van der Waals surface area contributed by atoms with E-state index in [9.17, 15) is 19.5 Å². The van der Waals surface area contributed by atoms with Crippen LogP contribution >= 0.6 is 0 Å². The average Bonchev–Trinajstić information content (AvgIpc) is 2.82. The van der Waals surface area contributed by atoms with Crippen molar-refractivity contribution in [1.29, 1.82) is 0 Å². The van der Waals surface area contributed by atoms with Crippen LogP contribution < -0.4 is 0 Å². The zero-order valence-electron chi connectivity index (χ0n) is 12.8. The van der Waals surface area contributed by atoms with Gasteiger partial charge in [0.2, 0.25) is 0 Å². The van der Waals surface area contributed by atoms with Gasteiger partial charge in [0.25, 0.3) is 0 Å². The van der Waals surface area contributed by atoms with Crippen LogP contribution in [0.4, 0.5) is 0 Å². The van der Waals surface area contributed by atoms with Gasteiger partial charge in [-0.15, -0.1) is 0 Å². The molecule has 0 saturated heterocycles. The van der Waals surface area contributed by atoms with Gasteiger partial charge in [0.15, 0.2) is 0 Å². The quantitative estimate of drug-likeness (QED) is 0.495. The van der Waals surface area contributed by atoms with Crippen molar-refractivity contribution in [3.05, 3.63) is 47.1 Å². The number of esters is 1. The summed E-state index contributed by atoms with van der Waals surface area (Å²) in [6.07, 6.45) is 4.47. The van der Waals surface area contributed by atoms with Gasteiger partial charge < -0.3 is 14.6 Å². The number of ether oxygens (including phenoxy) is 1. The van der Waals surface area contributed by atoms with Gasteiger partial charge in [-0.05, 0) is 36.3 Å². The smallest absolute Gasteiger partial charge is 0.331 e. The minimum Gasteiger partial charge on any atom is -0.508 e. The van der Waals surface area contributed by atoms with Gasteiger partial charge in [0, 0.05) is 24.8 Å². The molecule has 5 nitrogen and oxygen atoms in total. The zero-order chi connectivity index (χ0) is 16.8. The standard InChI is InChI=1S/C18H18O5/c1-12-10-17(15(8-9-19)16(12)11-20)23-18(22)7-4-13-2-5-14(21)6-3-13/h2-7,9,11,15,17,21H,8,10H2,1H3. The Morgan fingerprint density at radius 3 is 2.61 bits per heavy atom. The molecule has 23 heavy (non-hydrogen) atoms. The molecule has 0 heterocycles. The third kappa shape index (κ3) is 4.16. The number of hydrogen-bond donors (Lipinski definition) is 1. The fourth-order valence-electron chi connectivity index (χ4n) is 2.71. The lowest BCUT2D eigenvalue weighted by Gasteiger charge is -2.18. The van der Waals surface area contributed by atoms with E-state index < -0.39 is 12.1 Å². The third-order valence-corrected chi connectivity index (χ3v) is 3.90. The van der Waals surface area contributed by atoms with Crippen LogP contribution in [0.1, 0.15) is 25.3 Å². The molecule has 1 N–H and O–H groups in total. The fraction of sp³-hybridized carbons (Fsp3) is 0.278. The molecule has 0 spiro atoms. The topological polar surface area (TPSA) is 80.7 Å². The monoisotopic (exact) mass is 314 g/mol. The molecule has 2 atom stereocenters. The summed E-state index contributed by atoms with van der Waals surface area (Å²) >= 11 is 0. The first-order valence-corrected chi connectivity index (χ1v) is 7.31. The number of phenols is 1. The molecule has 1 aromatic carbocycles. The van der Waals surface area contributed by atoms with Crippen LogP contribution in [0, 0.1) is 5.92 Å². The van der Waals surface area contributed by atoms with Crippen molar-refractivity contribution in [3.63, 3.8) is 0 Å². The fourth-order valence-corrected chi connectivity index (χ4v) is 2.71. The molecule has 0 aliphatic heterocycles. The number of carbonyl (C=O) groups is 3. The Morgan fingerprint density at radius 2 is 2.00 bits per heavy atom. The molecule has 0 saturated carbocycles. The highest BCUT2D eigenvalue weighted by atomic mass is 16.5. The predicted octanol–water partition coefficient (Wildman–Crippen LogP) is 2.44. The molecule has 1 aliphatic carbocycles. The van der Waals surface area contributed by atoms with Crippen LogP contribution in [-0.2, 0) is 19.1 Å². The molecular weight excluding hydrogens is 296 g/mol. The number of aldehydes is 2. The van der Waals surface area contributed by atoms with Crippen molar-refractivity contribution in [2.24, 2.45) is 5.92 Å². The highest BCUT2D eigenvalue weighted by Crippen LogP contribution is 2.34. The van der Waals surface area contributed by atoms with Crippen LogP contribution in [0.15, 0.2) is 41.5 Å². The molecule has 2 unspecified atom stereocenters. The first-order valence-electron chi connectivity index (χ1n) is 7.31. The number of phenolic OH excluding ortho intramolecular Hbond substituents is 1. The first-order chi connectivity index (χ1) is 11.0. The lowest BCUT2D eigenvalue weighted by atomic mass is 9.96. The van der Waals surface area contributed by atoms with Crippen LogP contribution in [0.3, 0.4) is 0 Å². The highest BCUT2D eigenvalue weighted by molar-refractivity contribution is 5.87. The van der Waals surface area contributed by atoms with E-state index in [-0.39, 0.29) is 18.1 Å². The van der Waals surface area contributed by atoms with Gasteiger partial charge in [0.05, 0.1) is 0 Å². The van der Waals surface area contributed by atoms with Gasteiger partial charge in [-0.1, -0.05) is 17.7 Å². The van der Waals surface area contributed by atoms with Crippen molar-refractivity contribution in [2.45, 2.75) is 25.9 Å². The summed E-state index contributed by atoms with van der Waals surface area (Å²) in [6.45, 7) is 1.81. The lowest BCUT2D eigenvalue weighted by molar-refractivity contribution is -0.145. The van der Waals surface area contributed by atoms with Gasteiger partial charge >= 0.3 is 5.97 Å². The molecule has 5 heteroatoms. The van der Waals surface area contributed by atoms with Crippen LogP contribution in [0.25, 0.3) is 6.08 Å². The summed E-state index contributed by atoms with van der Waals surface area (Å²) in [5.74, 6) is -0.745. The van der Waals surface area contributed by atoms with E-state index in [0.29, 0.717) is 12.0 Å². The molecule has 0 aromatic heterocycles. The Hall–Kier alpha value is -2.69. The molecule has 0 radical (unpaired) electrons. The minimum absolute atomic E-state index is 0.148. The average molecular weight is 314 g/mol. The molecular formula is C18H18O5. The van der Waals surface area contributed by atoms with E-state index >= 15 is 0 Å². The van der Waals surface area contributed by atoms with Gasteiger partial charge in [-0.25, -0.2) is 4.79 Å². The van der Waals surface area contributed by atoms with Crippen molar-refractivity contribution >= 4 is 24.6 Å². The van der Waals surface area contributed by atoms with Gasteiger partial charge in [-0.3, -0.25) is 4.79 Å². The van der Waals surface area contributed by atoms with E-state index in [1.165, 1.54) is 18.2 Å². The molecule has 0 bridgehead atoms. The van der Waals surface area contributed by atoms with Gasteiger partial charge in [0.1, 0.15) is 24.4 Å². The number of rotatable bonds is 6. The molecule has 0 amide bonds. The Labute approximate surface area is 134 Å². The maximum absolute atomic E-state index is 11.9. The molecule has 2 rings (SSSR count). The van der Waals surface area contributed by atoms with Crippen LogP contribution in [-0.4, -0.2) is 29.8 Å². The maximum atomic E-state index is 11.9. The zero-order valence-corrected chi connectivity index (χ0v) is 12.8. The second-order valence-electron chi connectivity index (χ2n) is 5.47. The summed E-state index contributed by atoms with van der Waals surface area (Å²) in [5, 5.41) is 9.20. The van der Waals surface area contributed by atoms with Crippen molar-refractivity contribution < 1.29 is 24.2 Å². The minimum atomic E-state index is -0.529.